The lowest BCUT2D eigenvalue weighted by Crippen LogP contribution is -2.33. The van der Waals surface area contributed by atoms with Crippen LogP contribution < -0.4 is 9.64 Å². The molecule has 4 aromatic rings. The van der Waals surface area contributed by atoms with Gasteiger partial charge in [-0.05, 0) is 41.0 Å². The molecule has 1 fully saturated rings. The first-order chi connectivity index (χ1) is 16.9. The Morgan fingerprint density at radius 3 is 2.83 bits per heavy atom. The highest BCUT2D eigenvalue weighted by molar-refractivity contribution is 6.01. The summed E-state index contributed by atoms with van der Waals surface area (Å²) in [6.07, 6.45) is 1.07. The number of rotatable bonds is 4. The van der Waals surface area contributed by atoms with E-state index in [2.05, 4.69) is 15.0 Å². The van der Waals surface area contributed by atoms with Gasteiger partial charge in [-0.2, -0.15) is 9.97 Å². The van der Waals surface area contributed by atoms with Crippen molar-refractivity contribution < 1.29 is 28.5 Å². The van der Waals surface area contributed by atoms with Crippen LogP contribution in [0.4, 0.5) is 14.6 Å². The second-order valence-electron chi connectivity index (χ2n) is 8.36. The van der Waals surface area contributed by atoms with Crippen molar-refractivity contribution in [2.75, 3.05) is 38.3 Å². The summed E-state index contributed by atoms with van der Waals surface area (Å²) in [7, 11) is 1.38. The molecule has 3 heterocycles. The van der Waals surface area contributed by atoms with E-state index in [4.69, 9.17) is 9.47 Å². The second kappa shape index (κ2) is 9.20. The van der Waals surface area contributed by atoms with Crippen molar-refractivity contribution in [3.8, 4) is 23.0 Å². The average molecular weight is 482 g/mol. The monoisotopic (exact) mass is 482 g/mol. The van der Waals surface area contributed by atoms with Crippen LogP contribution in [0.5, 0.6) is 11.8 Å². The fourth-order valence-corrected chi connectivity index (χ4v) is 4.56. The Balaban J connectivity index is 1.77. The van der Waals surface area contributed by atoms with Crippen molar-refractivity contribution in [2.45, 2.75) is 19.4 Å². The molecular weight excluding hydrogens is 458 g/mol. The normalized spacial score (nSPS) is 16.6. The summed E-state index contributed by atoms with van der Waals surface area (Å²) in [5.74, 6) is -0.909. The van der Waals surface area contributed by atoms with E-state index >= 15 is 4.39 Å². The van der Waals surface area contributed by atoms with E-state index in [9.17, 15) is 14.6 Å². The first kappa shape index (κ1) is 23.1. The number of hydrogen-bond donors (Lipinski definition) is 2. The number of benzene rings is 2. The lowest BCUT2D eigenvalue weighted by molar-refractivity contribution is 0.0597. The van der Waals surface area contributed by atoms with E-state index in [1.165, 1.54) is 31.5 Å². The van der Waals surface area contributed by atoms with Crippen molar-refractivity contribution in [2.24, 2.45) is 0 Å². The highest BCUT2D eigenvalue weighted by atomic mass is 19.1. The van der Waals surface area contributed by atoms with E-state index in [-0.39, 0.29) is 41.7 Å². The van der Waals surface area contributed by atoms with Gasteiger partial charge in [0.05, 0.1) is 31.8 Å². The van der Waals surface area contributed by atoms with Gasteiger partial charge in [-0.25, -0.2) is 8.78 Å². The number of aliphatic hydroxyl groups is 1. The number of pyridine rings is 1. The fraction of sp³-hybridized carbons (Fsp3) is 0.320. The van der Waals surface area contributed by atoms with Crippen molar-refractivity contribution in [1.29, 1.82) is 0 Å². The number of ether oxygens (including phenoxy) is 2. The van der Waals surface area contributed by atoms with E-state index in [0.717, 1.165) is 0 Å². The number of methoxy groups -OCH3 is 1. The van der Waals surface area contributed by atoms with Gasteiger partial charge in [-0.1, -0.05) is 13.0 Å². The maximum Gasteiger partial charge on any atom is 0.318 e. The zero-order valence-corrected chi connectivity index (χ0v) is 19.3. The summed E-state index contributed by atoms with van der Waals surface area (Å²) >= 11 is 0. The highest BCUT2D eigenvalue weighted by Gasteiger charge is 2.25. The van der Waals surface area contributed by atoms with E-state index in [1.54, 1.807) is 11.0 Å². The molecule has 182 valence electrons. The second-order valence-corrected chi connectivity index (χ2v) is 8.36. The van der Waals surface area contributed by atoms with Crippen LogP contribution >= 0.6 is 0 Å². The number of aromatic hydroxyl groups is 1. The molecule has 2 aromatic carbocycles. The van der Waals surface area contributed by atoms with E-state index in [0.29, 0.717) is 47.1 Å². The SMILES string of the molecule is CCc1c(F)ccc2cc(O)cc(-c3ncc4c(N5CCOCC(O)C5)nc(OC)nc4c3F)c12. The van der Waals surface area contributed by atoms with Crippen molar-refractivity contribution in [3.05, 3.63) is 47.7 Å². The topological polar surface area (TPSA) is 101 Å². The van der Waals surface area contributed by atoms with Crippen molar-refractivity contribution >= 4 is 27.5 Å². The molecule has 2 N–H and O–H groups in total. The number of β-amino-alcohol motifs (C(OH)–C–C–N with tert-alkyl or cyclic N) is 1. The molecule has 1 saturated heterocycles. The lowest BCUT2D eigenvalue weighted by Gasteiger charge is -2.24. The summed E-state index contributed by atoms with van der Waals surface area (Å²) in [5.41, 5.74) is 0.541. The Morgan fingerprint density at radius 1 is 1.23 bits per heavy atom. The number of aliphatic hydroxyl groups excluding tert-OH is 1. The van der Waals surface area contributed by atoms with Crippen LogP contribution in [0.25, 0.3) is 32.9 Å². The molecule has 0 amide bonds. The Labute approximate surface area is 199 Å². The minimum atomic E-state index is -0.755. The quantitative estimate of drug-likeness (QED) is 0.455. The Hall–Kier alpha value is -3.63. The van der Waals surface area contributed by atoms with Crippen LogP contribution in [-0.4, -0.2) is 64.7 Å². The molecule has 8 nitrogen and oxygen atoms in total. The minimum absolute atomic E-state index is 0.0394. The minimum Gasteiger partial charge on any atom is -0.508 e. The predicted octanol–water partition coefficient (Wildman–Crippen LogP) is 3.60. The maximum atomic E-state index is 16.1. The summed E-state index contributed by atoms with van der Waals surface area (Å²) in [5, 5.41) is 21.9. The molecule has 1 aliphatic heterocycles. The van der Waals surface area contributed by atoms with Crippen molar-refractivity contribution in [1.82, 2.24) is 15.0 Å². The molecule has 0 radical (unpaired) electrons. The number of phenols is 1. The van der Waals surface area contributed by atoms with Gasteiger partial charge in [0.15, 0.2) is 5.82 Å². The number of anilines is 1. The summed E-state index contributed by atoms with van der Waals surface area (Å²) in [4.78, 5) is 14.8. The lowest BCUT2D eigenvalue weighted by atomic mass is 9.94. The molecule has 35 heavy (non-hydrogen) atoms. The van der Waals surface area contributed by atoms with Gasteiger partial charge in [0.2, 0.25) is 0 Å². The van der Waals surface area contributed by atoms with Crippen LogP contribution in [0.3, 0.4) is 0 Å². The number of nitrogens with zero attached hydrogens (tertiary/aromatic N) is 4. The molecule has 10 heteroatoms. The molecule has 0 bridgehead atoms. The third-order valence-corrected chi connectivity index (χ3v) is 6.13. The van der Waals surface area contributed by atoms with Gasteiger partial charge < -0.3 is 24.6 Å². The fourth-order valence-electron chi connectivity index (χ4n) is 4.56. The molecule has 1 aliphatic rings. The molecule has 0 saturated carbocycles. The summed E-state index contributed by atoms with van der Waals surface area (Å²) in [6, 6.07) is 5.71. The van der Waals surface area contributed by atoms with Gasteiger partial charge in [-0.15, -0.1) is 0 Å². The third kappa shape index (κ3) is 4.08. The smallest absolute Gasteiger partial charge is 0.318 e. The maximum absolute atomic E-state index is 16.1. The Morgan fingerprint density at radius 2 is 2.06 bits per heavy atom. The van der Waals surface area contributed by atoms with Gasteiger partial charge in [0.25, 0.3) is 0 Å². The average Bonchev–Trinajstić information content (AvgIpc) is 3.07. The molecular formula is C25H24F2N4O4. The van der Waals surface area contributed by atoms with E-state index < -0.39 is 17.7 Å². The highest BCUT2D eigenvalue weighted by Crippen LogP contribution is 2.39. The molecule has 2 aromatic heterocycles. The largest absolute Gasteiger partial charge is 0.508 e. The Kier molecular flexibility index (Phi) is 6.08. The van der Waals surface area contributed by atoms with E-state index in [1.807, 2.05) is 6.92 Å². The van der Waals surface area contributed by atoms with Gasteiger partial charge in [-0.3, -0.25) is 4.98 Å². The summed E-state index contributed by atoms with van der Waals surface area (Å²) < 4.78 is 41.4. The summed E-state index contributed by atoms with van der Waals surface area (Å²) in [6.45, 7) is 3.01. The molecule has 5 rings (SSSR count). The molecule has 0 spiro atoms. The van der Waals surface area contributed by atoms with Gasteiger partial charge in [0, 0.05) is 24.8 Å². The number of phenolic OH excluding ortho intramolecular Hbond substituents is 1. The number of aromatic nitrogens is 3. The standard InChI is InChI=1S/C25H24F2N4O4/c1-3-16-19(26)5-4-13-8-14(32)9-17(20(13)16)22-21(27)23-18(10-28-22)24(30-25(29-23)34-2)31-6-7-35-12-15(33)11-31/h4-5,8-10,15,32-33H,3,6-7,11-12H2,1-2H3. The predicted molar refractivity (Wildman–Crippen MR) is 127 cm³/mol. The first-order valence-electron chi connectivity index (χ1n) is 11.3. The number of halogens is 2. The number of aryl methyl sites for hydroxylation is 1. The number of fused-ring (bicyclic) bond motifs is 2. The van der Waals surface area contributed by atoms with Crippen LogP contribution in [0, 0.1) is 11.6 Å². The number of hydrogen-bond acceptors (Lipinski definition) is 8. The molecule has 1 unspecified atom stereocenters. The first-order valence-corrected chi connectivity index (χ1v) is 11.3. The zero-order valence-electron chi connectivity index (χ0n) is 19.3. The van der Waals surface area contributed by atoms with Crippen LogP contribution in [0.1, 0.15) is 12.5 Å². The molecule has 1 atom stereocenters. The van der Waals surface area contributed by atoms with Gasteiger partial charge >= 0.3 is 6.01 Å². The van der Waals surface area contributed by atoms with Gasteiger partial charge in [0.1, 0.15) is 28.6 Å². The van der Waals surface area contributed by atoms with Crippen molar-refractivity contribution in [3.63, 3.8) is 0 Å². The third-order valence-electron chi connectivity index (χ3n) is 6.13. The van der Waals surface area contributed by atoms with Crippen LogP contribution in [0.2, 0.25) is 0 Å². The molecule has 0 aliphatic carbocycles. The Bertz CT molecular complexity index is 1430. The zero-order chi connectivity index (χ0) is 24.7. The van der Waals surface area contributed by atoms with Crippen LogP contribution in [0.15, 0.2) is 30.5 Å². The van der Waals surface area contributed by atoms with Crippen LogP contribution in [-0.2, 0) is 11.2 Å².